The lowest BCUT2D eigenvalue weighted by atomic mass is 9.52. The number of methoxy groups -OCH3 is 1. The van der Waals surface area contributed by atoms with Crippen LogP contribution < -0.4 is 0 Å². The molecule has 1 saturated heterocycles. The standard InChI is InChI=1S/C21H30O7/c1-11(17(23)26-6)13-9-15-19(3,10-14(13)22)8-7-16(20(15,4)25)27-18(24)21(5)12(2)28-21/h12-13,15-16,25H,1,7-10H2,2-6H3/t12-,13-,15-,16+,19-,20+,21-/m1/s1. The summed E-state index contributed by atoms with van der Waals surface area (Å²) in [5, 5.41) is 11.4. The van der Waals surface area contributed by atoms with E-state index in [1.807, 2.05) is 6.92 Å². The molecule has 0 aromatic rings. The Morgan fingerprint density at radius 1 is 1.29 bits per heavy atom. The number of epoxide rings is 1. The van der Waals surface area contributed by atoms with Gasteiger partial charge in [0.15, 0.2) is 5.60 Å². The number of rotatable bonds is 4. The lowest BCUT2D eigenvalue weighted by Crippen LogP contribution is -2.61. The number of esters is 2. The van der Waals surface area contributed by atoms with Gasteiger partial charge in [-0.15, -0.1) is 0 Å². The Morgan fingerprint density at radius 2 is 1.89 bits per heavy atom. The molecule has 3 rings (SSSR count). The molecule has 2 aliphatic carbocycles. The number of hydrogen-bond donors (Lipinski definition) is 1. The van der Waals surface area contributed by atoms with E-state index in [4.69, 9.17) is 14.2 Å². The lowest BCUT2D eigenvalue weighted by molar-refractivity contribution is -0.207. The summed E-state index contributed by atoms with van der Waals surface area (Å²) >= 11 is 0. The third-order valence-electron chi connectivity index (χ3n) is 7.28. The predicted octanol–water partition coefficient (Wildman–Crippen LogP) is 1.95. The van der Waals surface area contributed by atoms with Crippen molar-refractivity contribution in [2.75, 3.05) is 7.11 Å². The summed E-state index contributed by atoms with van der Waals surface area (Å²) < 4.78 is 15.7. The smallest absolute Gasteiger partial charge is 0.341 e. The summed E-state index contributed by atoms with van der Waals surface area (Å²) in [5.74, 6) is -2.19. The second-order valence-electron chi connectivity index (χ2n) is 9.18. The molecule has 0 unspecified atom stereocenters. The van der Waals surface area contributed by atoms with Crippen LogP contribution in [0.5, 0.6) is 0 Å². The molecule has 7 heteroatoms. The summed E-state index contributed by atoms with van der Waals surface area (Å²) in [6, 6.07) is 0. The van der Waals surface area contributed by atoms with E-state index in [1.165, 1.54) is 7.11 Å². The van der Waals surface area contributed by atoms with Gasteiger partial charge in [-0.25, -0.2) is 9.59 Å². The van der Waals surface area contributed by atoms with Crippen molar-refractivity contribution in [3.63, 3.8) is 0 Å². The Balaban J connectivity index is 1.81. The van der Waals surface area contributed by atoms with E-state index < -0.39 is 40.6 Å². The Kier molecular flexibility index (Phi) is 4.99. The van der Waals surface area contributed by atoms with E-state index in [0.29, 0.717) is 12.8 Å². The van der Waals surface area contributed by atoms with Crippen LogP contribution in [0.2, 0.25) is 0 Å². The number of Topliss-reactive ketones (excluding diaryl/α,β-unsaturated/α-hetero) is 1. The van der Waals surface area contributed by atoms with Crippen molar-refractivity contribution in [3.8, 4) is 0 Å². The van der Waals surface area contributed by atoms with E-state index in [0.717, 1.165) is 0 Å². The molecule has 1 N–H and O–H groups in total. The summed E-state index contributed by atoms with van der Waals surface area (Å²) in [5.41, 5.74) is -2.62. The van der Waals surface area contributed by atoms with Crippen LogP contribution in [0.4, 0.5) is 0 Å². The molecule has 1 aliphatic heterocycles. The first-order chi connectivity index (χ1) is 12.9. The maximum absolute atomic E-state index is 12.7. The van der Waals surface area contributed by atoms with Gasteiger partial charge in [0.2, 0.25) is 0 Å². The summed E-state index contributed by atoms with van der Waals surface area (Å²) in [6.07, 6.45) is 0.709. The van der Waals surface area contributed by atoms with Crippen LogP contribution in [0, 0.1) is 17.3 Å². The van der Waals surface area contributed by atoms with Gasteiger partial charge in [0.1, 0.15) is 17.5 Å². The number of aliphatic hydroxyl groups is 1. The highest BCUT2D eigenvalue weighted by Crippen LogP contribution is 2.56. The molecule has 0 bridgehead atoms. The fourth-order valence-corrected chi connectivity index (χ4v) is 5.06. The van der Waals surface area contributed by atoms with Crippen molar-refractivity contribution in [2.24, 2.45) is 17.3 Å². The minimum Gasteiger partial charge on any atom is -0.466 e. The zero-order valence-electron chi connectivity index (χ0n) is 17.2. The van der Waals surface area contributed by atoms with E-state index in [9.17, 15) is 19.5 Å². The zero-order chi connectivity index (χ0) is 21.1. The molecule has 0 spiro atoms. The number of carbonyl (C=O) groups excluding carboxylic acids is 3. The van der Waals surface area contributed by atoms with Gasteiger partial charge in [-0.1, -0.05) is 13.5 Å². The monoisotopic (exact) mass is 394 g/mol. The highest BCUT2D eigenvalue weighted by atomic mass is 16.7. The zero-order valence-corrected chi connectivity index (χ0v) is 17.2. The van der Waals surface area contributed by atoms with Crippen LogP contribution in [0.1, 0.15) is 53.4 Å². The molecule has 0 radical (unpaired) electrons. The van der Waals surface area contributed by atoms with E-state index >= 15 is 0 Å². The molecule has 156 valence electrons. The minimum absolute atomic E-state index is 0.0619. The van der Waals surface area contributed by atoms with Gasteiger partial charge >= 0.3 is 11.9 Å². The SMILES string of the molecule is C=C(C(=O)OC)[C@H]1C[C@@H]2[C@](C)(CC[C@H](OC(=O)[C@]3(C)O[C@@H]3C)[C@@]2(C)O)CC1=O. The van der Waals surface area contributed by atoms with Crippen molar-refractivity contribution in [3.05, 3.63) is 12.2 Å². The molecule has 3 aliphatic rings. The van der Waals surface area contributed by atoms with Gasteiger partial charge in [0.05, 0.1) is 13.2 Å². The fraction of sp³-hybridized carbons (Fsp3) is 0.762. The summed E-state index contributed by atoms with van der Waals surface area (Å²) in [7, 11) is 1.25. The highest BCUT2D eigenvalue weighted by molar-refractivity contribution is 5.97. The van der Waals surface area contributed by atoms with E-state index in [-0.39, 0.29) is 36.2 Å². The van der Waals surface area contributed by atoms with Crippen LogP contribution in [-0.2, 0) is 28.6 Å². The molecule has 2 saturated carbocycles. The van der Waals surface area contributed by atoms with E-state index in [1.54, 1.807) is 20.8 Å². The predicted molar refractivity (Wildman–Crippen MR) is 99.2 cm³/mol. The molecule has 28 heavy (non-hydrogen) atoms. The molecule has 0 aromatic heterocycles. The van der Waals surface area contributed by atoms with Crippen molar-refractivity contribution in [1.29, 1.82) is 0 Å². The van der Waals surface area contributed by atoms with Gasteiger partial charge in [-0.3, -0.25) is 4.79 Å². The molecular formula is C21H30O7. The maximum atomic E-state index is 12.7. The second-order valence-corrected chi connectivity index (χ2v) is 9.18. The summed E-state index contributed by atoms with van der Waals surface area (Å²) in [4.78, 5) is 37.1. The first kappa shape index (κ1) is 21.0. The molecule has 0 aromatic carbocycles. The van der Waals surface area contributed by atoms with E-state index in [2.05, 4.69) is 6.58 Å². The van der Waals surface area contributed by atoms with Crippen LogP contribution in [0.15, 0.2) is 12.2 Å². The van der Waals surface area contributed by atoms with Gasteiger partial charge in [0.25, 0.3) is 0 Å². The highest BCUT2D eigenvalue weighted by Gasteiger charge is 2.62. The molecule has 0 amide bonds. The fourth-order valence-electron chi connectivity index (χ4n) is 5.06. The first-order valence-corrected chi connectivity index (χ1v) is 9.78. The molecular weight excluding hydrogens is 364 g/mol. The second kappa shape index (κ2) is 6.66. The third kappa shape index (κ3) is 3.18. The Hall–Kier alpha value is -1.73. The number of ketones is 1. The van der Waals surface area contributed by atoms with Crippen LogP contribution in [0.3, 0.4) is 0 Å². The maximum Gasteiger partial charge on any atom is 0.341 e. The first-order valence-electron chi connectivity index (χ1n) is 9.78. The van der Waals surface area contributed by atoms with Gasteiger partial charge in [-0.2, -0.15) is 0 Å². The normalized spacial score (nSPS) is 45.0. The van der Waals surface area contributed by atoms with Crippen molar-refractivity contribution in [1.82, 2.24) is 0 Å². The van der Waals surface area contributed by atoms with Crippen molar-refractivity contribution < 1.29 is 33.7 Å². The average Bonchev–Trinajstić information content (AvgIpc) is 3.23. The molecule has 7 atom stereocenters. The topological polar surface area (TPSA) is 102 Å². The van der Waals surface area contributed by atoms with Crippen molar-refractivity contribution in [2.45, 2.75) is 76.8 Å². The van der Waals surface area contributed by atoms with Crippen molar-refractivity contribution >= 4 is 17.7 Å². The van der Waals surface area contributed by atoms with Gasteiger partial charge in [0, 0.05) is 17.9 Å². The average molecular weight is 394 g/mol. The number of fused-ring (bicyclic) bond motifs is 1. The quantitative estimate of drug-likeness (QED) is 0.442. The Bertz CT molecular complexity index is 726. The van der Waals surface area contributed by atoms with Crippen LogP contribution >= 0.6 is 0 Å². The Morgan fingerprint density at radius 3 is 2.43 bits per heavy atom. The number of hydrogen-bond acceptors (Lipinski definition) is 7. The molecule has 1 heterocycles. The lowest BCUT2D eigenvalue weighted by Gasteiger charge is -2.55. The number of carbonyl (C=O) groups is 3. The Labute approximate surface area is 165 Å². The summed E-state index contributed by atoms with van der Waals surface area (Å²) in [6.45, 7) is 10.9. The number of ether oxygens (including phenoxy) is 3. The molecule has 3 fully saturated rings. The largest absolute Gasteiger partial charge is 0.466 e. The van der Waals surface area contributed by atoms with Crippen LogP contribution in [0.25, 0.3) is 0 Å². The van der Waals surface area contributed by atoms with Gasteiger partial charge in [-0.05, 0) is 51.4 Å². The van der Waals surface area contributed by atoms with Gasteiger partial charge < -0.3 is 19.3 Å². The third-order valence-corrected chi connectivity index (χ3v) is 7.28. The van der Waals surface area contributed by atoms with Crippen LogP contribution in [-0.4, -0.2) is 53.3 Å². The molecule has 7 nitrogen and oxygen atoms in total. The minimum atomic E-state index is -1.34.